The van der Waals surface area contributed by atoms with E-state index in [1.807, 2.05) is 37.3 Å². The van der Waals surface area contributed by atoms with Gasteiger partial charge in [0.25, 0.3) is 5.91 Å². The minimum Gasteiger partial charge on any atom is -0.452 e. The number of hydrogen-bond acceptors (Lipinski definition) is 6. The molecule has 2 aromatic rings. The molecule has 0 fully saturated rings. The van der Waals surface area contributed by atoms with Crippen molar-refractivity contribution in [2.24, 2.45) is 0 Å². The molecule has 0 spiro atoms. The minimum atomic E-state index is -0.613. The van der Waals surface area contributed by atoms with Crippen LogP contribution in [0.4, 0.5) is 0 Å². The fourth-order valence-corrected chi connectivity index (χ4v) is 2.73. The molecule has 128 valence electrons. The molecule has 6 nitrogen and oxygen atoms in total. The average molecular weight is 355 g/mol. The molecular formula is C18H17N3O3S. The summed E-state index contributed by atoms with van der Waals surface area (Å²) in [6, 6.07) is 13.0. The number of nitriles is 1. The maximum atomic E-state index is 12.2. The molecule has 1 aromatic carbocycles. The van der Waals surface area contributed by atoms with E-state index in [-0.39, 0.29) is 13.0 Å². The summed E-state index contributed by atoms with van der Waals surface area (Å²) < 4.78 is 5.03. The third-order valence-corrected chi connectivity index (χ3v) is 4.15. The van der Waals surface area contributed by atoms with Crippen molar-refractivity contribution in [2.45, 2.75) is 23.3 Å². The Morgan fingerprint density at radius 3 is 2.76 bits per heavy atom. The average Bonchev–Trinajstić information content (AvgIpc) is 2.62. The van der Waals surface area contributed by atoms with Crippen molar-refractivity contribution < 1.29 is 14.3 Å². The Kier molecular flexibility index (Phi) is 6.99. The molecule has 1 amide bonds. The van der Waals surface area contributed by atoms with E-state index in [9.17, 15) is 9.59 Å². The lowest BCUT2D eigenvalue weighted by Crippen LogP contribution is -2.29. The van der Waals surface area contributed by atoms with Crippen molar-refractivity contribution in [1.82, 2.24) is 10.3 Å². The Morgan fingerprint density at radius 1 is 1.28 bits per heavy atom. The van der Waals surface area contributed by atoms with Crippen LogP contribution < -0.4 is 5.32 Å². The first-order chi connectivity index (χ1) is 12.1. The summed E-state index contributed by atoms with van der Waals surface area (Å²) in [6.45, 7) is 1.84. The fraction of sp³-hybridized carbons (Fsp3) is 0.222. The number of benzene rings is 1. The second-order valence-electron chi connectivity index (χ2n) is 5.11. The number of aryl methyl sites for hydroxylation is 1. The number of nitrogens with zero attached hydrogens (tertiary/aromatic N) is 2. The van der Waals surface area contributed by atoms with Gasteiger partial charge in [0.15, 0.2) is 6.61 Å². The third-order valence-electron chi connectivity index (χ3n) is 3.12. The van der Waals surface area contributed by atoms with Gasteiger partial charge in [-0.25, -0.2) is 9.78 Å². The number of hydrogen-bond donors (Lipinski definition) is 1. The normalized spacial score (nSPS) is 9.92. The van der Waals surface area contributed by atoms with Gasteiger partial charge >= 0.3 is 5.97 Å². The SMILES string of the molecule is Cc1ccc(Sc2ncccc2C(=O)OCC(=O)NCCC#N)cc1. The molecule has 7 heteroatoms. The van der Waals surface area contributed by atoms with Crippen molar-refractivity contribution >= 4 is 23.6 Å². The number of amides is 1. The molecule has 0 radical (unpaired) electrons. The van der Waals surface area contributed by atoms with Gasteiger partial charge in [-0.05, 0) is 31.2 Å². The molecular weight excluding hydrogens is 338 g/mol. The number of carbonyl (C=O) groups excluding carboxylic acids is 2. The van der Waals surface area contributed by atoms with Crippen LogP contribution in [-0.2, 0) is 9.53 Å². The van der Waals surface area contributed by atoms with E-state index in [1.165, 1.54) is 11.8 Å². The number of carbonyl (C=O) groups is 2. The highest BCUT2D eigenvalue weighted by Crippen LogP contribution is 2.29. The van der Waals surface area contributed by atoms with Crippen LogP contribution in [0.15, 0.2) is 52.5 Å². The highest BCUT2D eigenvalue weighted by molar-refractivity contribution is 7.99. The van der Waals surface area contributed by atoms with Crippen molar-refractivity contribution in [3.8, 4) is 6.07 Å². The molecule has 1 N–H and O–H groups in total. The second-order valence-corrected chi connectivity index (χ2v) is 6.17. The van der Waals surface area contributed by atoms with Gasteiger partial charge in [0.2, 0.25) is 0 Å². The van der Waals surface area contributed by atoms with Gasteiger partial charge in [0, 0.05) is 17.6 Å². The van der Waals surface area contributed by atoms with Gasteiger partial charge in [0.1, 0.15) is 5.03 Å². The van der Waals surface area contributed by atoms with E-state index in [1.54, 1.807) is 18.3 Å². The van der Waals surface area contributed by atoms with Crippen LogP contribution in [0.1, 0.15) is 22.3 Å². The maximum Gasteiger partial charge on any atom is 0.341 e. The molecule has 1 heterocycles. The first-order valence-electron chi connectivity index (χ1n) is 7.60. The van der Waals surface area contributed by atoms with Crippen molar-refractivity contribution in [3.05, 3.63) is 53.7 Å². The van der Waals surface area contributed by atoms with E-state index < -0.39 is 18.5 Å². The Bertz CT molecular complexity index is 785. The number of esters is 1. The highest BCUT2D eigenvalue weighted by Gasteiger charge is 2.16. The molecule has 0 aliphatic rings. The first-order valence-corrected chi connectivity index (χ1v) is 8.42. The van der Waals surface area contributed by atoms with Crippen molar-refractivity contribution in [1.29, 1.82) is 5.26 Å². The zero-order valence-corrected chi connectivity index (χ0v) is 14.5. The number of ether oxygens (including phenoxy) is 1. The van der Waals surface area contributed by atoms with Crippen molar-refractivity contribution in [3.63, 3.8) is 0 Å². The molecule has 0 saturated heterocycles. The molecule has 0 aliphatic carbocycles. The Labute approximate surface area is 150 Å². The van der Waals surface area contributed by atoms with Gasteiger partial charge in [0.05, 0.1) is 18.1 Å². The number of rotatable bonds is 7. The van der Waals surface area contributed by atoms with Crippen LogP contribution in [0.3, 0.4) is 0 Å². The molecule has 0 atom stereocenters. The predicted octanol–water partition coefficient (Wildman–Crippen LogP) is 2.73. The molecule has 0 unspecified atom stereocenters. The third kappa shape index (κ3) is 5.94. The second kappa shape index (κ2) is 9.45. The molecule has 0 saturated carbocycles. The number of aromatic nitrogens is 1. The van der Waals surface area contributed by atoms with Crippen molar-refractivity contribution in [2.75, 3.05) is 13.2 Å². The quantitative estimate of drug-likeness (QED) is 0.606. The molecule has 25 heavy (non-hydrogen) atoms. The van der Waals surface area contributed by atoms with E-state index in [0.29, 0.717) is 10.6 Å². The van der Waals surface area contributed by atoms with Crippen LogP contribution in [-0.4, -0.2) is 30.0 Å². The van der Waals surface area contributed by atoms with Gasteiger partial charge < -0.3 is 10.1 Å². The molecule has 0 aliphatic heterocycles. The lowest BCUT2D eigenvalue weighted by atomic mass is 10.2. The molecule has 1 aromatic heterocycles. The van der Waals surface area contributed by atoms with E-state index in [0.717, 1.165) is 10.5 Å². The van der Waals surface area contributed by atoms with E-state index >= 15 is 0 Å². The summed E-state index contributed by atoms with van der Waals surface area (Å²) in [7, 11) is 0. The fourth-order valence-electron chi connectivity index (χ4n) is 1.86. The first kappa shape index (κ1) is 18.5. The van der Waals surface area contributed by atoms with Crippen LogP contribution in [0.5, 0.6) is 0 Å². The summed E-state index contributed by atoms with van der Waals surface area (Å²) in [5.74, 6) is -1.06. The number of pyridine rings is 1. The van der Waals surface area contributed by atoms with Crippen LogP contribution in [0.2, 0.25) is 0 Å². The standard InChI is InChI=1S/C18H17N3O3S/c1-13-5-7-14(8-6-13)25-17-15(4-2-10-21-17)18(23)24-12-16(22)20-11-3-9-19/h2,4-8,10H,3,11-12H2,1H3,(H,20,22). The maximum absolute atomic E-state index is 12.2. The van der Waals surface area contributed by atoms with E-state index in [4.69, 9.17) is 10.00 Å². The Morgan fingerprint density at radius 2 is 2.04 bits per heavy atom. The highest BCUT2D eigenvalue weighted by atomic mass is 32.2. The summed E-state index contributed by atoms with van der Waals surface area (Å²) in [4.78, 5) is 29.0. The van der Waals surface area contributed by atoms with Crippen LogP contribution in [0.25, 0.3) is 0 Å². The zero-order valence-electron chi connectivity index (χ0n) is 13.7. The van der Waals surface area contributed by atoms with Gasteiger partial charge in [-0.15, -0.1) is 0 Å². The van der Waals surface area contributed by atoms with E-state index in [2.05, 4.69) is 10.3 Å². The largest absolute Gasteiger partial charge is 0.452 e. The predicted molar refractivity (Wildman–Crippen MR) is 93.1 cm³/mol. The minimum absolute atomic E-state index is 0.208. The lowest BCUT2D eigenvalue weighted by molar-refractivity contribution is -0.124. The van der Waals surface area contributed by atoms with Crippen LogP contribution in [0, 0.1) is 18.3 Å². The van der Waals surface area contributed by atoms with Gasteiger partial charge in [-0.1, -0.05) is 29.5 Å². The summed E-state index contributed by atoms with van der Waals surface area (Å²) >= 11 is 1.35. The summed E-state index contributed by atoms with van der Waals surface area (Å²) in [6.07, 6.45) is 1.81. The topological polar surface area (TPSA) is 92.1 Å². The smallest absolute Gasteiger partial charge is 0.341 e. The number of nitrogens with one attached hydrogen (secondary N) is 1. The summed E-state index contributed by atoms with van der Waals surface area (Å²) in [5, 5.41) is 11.4. The molecule has 0 bridgehead atoms. The van der Waals surface area contributed by atoms with Gasteiger partial charge in [-0.2, -0.15) is 5.26 Å². The lowest BCUT2D eigenvalue weighted by Gasteiger charge is -2.09. The van der Waals surface area contributed by atoms with Crippen LogP contribution >= 0.6 is 11.8 Å². The van der Waals surface area contributed by atoms with Gasteiger partial charge in [-0.3, -0.25) is 4.79 Å². The molecule has 2 rings (SSSR count). The Balaban J connectivity index is 1.99. The Hall–Kier alpha value is -2.85. The zero-order chi connectivity index (χ0) is 18.1. The summed E-state index contributed by atoms with van der Waals surface area (Å²) in [5.41, 5.74) is 1.45. The monoisotopic (exact) mass is 355 g/mol.